The fraction of sp³-hybridized carbons (Fsp3) is 0.263. The standard InChI is InChI=1S/C19H19NO5S/c1-26(23,24)17-8-3-2-7-16(17)20-18(21)12-25-19(22)15-10-9-13-5-4-6-14(13)11-15/h2-3,7-11H,4-6,12H2,1H3,(H,20,21). The molecule has 0 radical (unpaired) electrons. The van der Waals surface area contributed by atoms with Gasteiger partial charge in [0.15, 0.2) is 16.4 Å². The molecular formula is C19H19NO5S. The highest BCUT2D eigenvalue weighted by molar-refractivity contribution is 7.90. The fourth-order valence-electron chi connectivity index (χ4n) is 2.99. The molecule has 2 aromatic carbocycles. The fourth-order valence-corrected chi connectivity index (χ4v) is 3.84. The molecule has 26 heavy (non-hydrogen) atoms. The Morgan fingerprint density at radius 1 is 1.08 bits per heavy atom. The minimum Gasteiger partial charge on any atom is -0.452 e. The first-order valence-corrected chi connectivity index (χ1v) is 10.1. The molecule has 3 rings (SSSR count). The van der Waals surface area contributed by atoms with Gasteiger partial charge in [-0.05, 0) is 54.7 Å². The molecule has 0 atom stereocenters. The molecule has 1 N–H and O–H groups in total. The molecule has 6 nitrogen and oxygen atoms in total. The first-order chi connectivity index (χ1) is 12.3. The van der Waals surface area contributed by atoms with Crippen LogP contribution in [-0.2, 0) is 32.2 Å². The Labute approximate surface area is 152 Å². The molecule has 0 unspecified atom stereocenters. The van der Waals surface area contributed by atoms with Gasteiger partial charge < -0.3 is 10.1 Å². The van der Waals surface area contributed by atoms with E-state index in [9.17, 15) is 18.0 Å². The first-order valence-electron chi connectivity index (χ1n) is 8.22. The van der Waals surface area contributed by atoms with Gasteiger partial charge in [0, 0.05) is 6.26 Å². The summed E-state index contributed by atoms with van der Waals surface area (Å²) in [5.74, 6) is -1.18. The number of esters is 1. The van der Waals surface area contributed by atoms with Crippen molar-refractivity contribution in [1.82, 2.24) is 0 Å². The number of anilines is 1. The summed E-state index contributed by atoms with van der Waals surface area (Å²) in [4.78, 5) is 24.2. The van der Waals surface area contributed by atoms with Crippen LogP contribution in [0.5, 0.6) is 0 Å². The van der Waals surface area contributed by atoms with Crippen molar-refractivity contribution in [2.24, 2.45) is 0 Å². The summed E-state index contributed by atoms with van der Waals surface area (Å²) in [6.07, 6.45) is 4.11. The molecule has 0 fully saturated rings. The average Bonchev–Trinajstić information content (AvgIpc) is 3.07. The van der Waals surface area contributed by atoms with E-state index in [2.05, 4.69) is 5.32 Å². The van der Waals surface area contributed by atoms with Crippen LogP contribution in [-0.4, -0.2) is 33.2 Å². The number of carbonyl (C=O) groups excluding carboxylic acids is 2. The van der Waals surface area contributed by atoms with Crippen LogP contribution in [0.2, 0.25) is 0 Å². The first kappa shape index (κ1) is 18.1. The Morgan fingerprint density at radius 2 is 1.81 bits per heavy atom. The van der Waals surface area contributed by atoms with Gasteiger partial charge in [-0.25, -0.2) is 13.2 Å². The number of rotatable bonds is 5. The zero-order valence-corrected chi connectivity index (χ0v) is 15.1. The van der Waals surface area contributed by atoms with Crippen molar-refractivity contribution in [1.29, 1.82) is 0 Å². The summed E-state index contributed by atoms with van der Waals surface area (Å²) >= 11 is 0. The lowest BCUT2D eigenvalue weighted by Gasteiger charge is -2.10. The monoisotopic (exact) mass is 373 g/mol. The van der Waals surface area contributed by atoms with Crippen LogP contribution >= 0.6 is 0 Å². The number of hydrogen-bond acceptors (Lipinski definition) is 5. The van der Waals surface area contributed by atoms with Gasteiger partial charge in [-0.1, -0.05) is 18.2 Å². The Balaban J connectivity index is 1.62. The maximum absolute atomic E-state index is 12.1. The molecule has 2 aromatic rings. The molecule has 0 spiro atoms. The lowest BCUT2D eigenvalue weighted by atomic mass is 10.1. The van der Waals surface area contributed by atoms with E-state index in [1.165, 1.54) is 17.7 Å². The van der Waals surface area contributed by atoms with Crippen molar-refractivity contribution in [3.8, 4) is 0 Å². The highest BCUT2D eigenvalue weighted by Crippen LogP contribution is 2.23. The summed E-state index contributed by atoms with van der Waals surface area (Å²) in [7, 11) is -3.48. The molecule has 1 aliphatic carbocycles. The van der Waals surface area contributed by atoms with Crippen LogP contribution < -0.4 is 5.32 Å². The van der Waals surface area contributed by atoms with Crippen LogP contribution in [0.1, 0.15) is 27.9 Å². The van der Waals surface area contributed by atoms with Gasteiger partial charge in [0.2, 0.25) is 0 Å². The van der Waals surface area contributed by atoms with Gasteiger partial charge in [-0.15, -0.1) is 0 Å². The van der Waals surface area contributed by atoms with Crippen LogP contribution in [0.3, 0.4) is 0 Å². The van der Waals surface area contributed by atoms with E-state index in [1.807, 2.05) is 12.1 Å². The summed E-state index contributed by atoms with van der Waals surface area (Å²) in [6, 6.07) is 11.5. The second-order valence-corrected chi connectivity index (χ2v) is 8.21. The average molecular weight is 373 g/mol. The molecule has 0 bridgehead atoms. The SMILES string of the molecule is CS(=O)(=O)c1ccccc1NC(=O)COC(=O)c1ccc2c(c1)CCC2. The van der Waals surface area contributed by atoms with Crippen LogP contribution in [0.25, 0.3) is 0 Å². The number of hydrogen-bond donors (Lipinski definition) is 1. The van der Waals surface area contributed by atoms with Crippen molar-refractivity contribution in [2.45, 2.75) is 24.2 Å². The van der Waals surface area contributed by atoms with Crippen LogP contribution in [0.4, 0.5) is 5.69 Å². The van der Waals surface area contributed by atoms with Gasteiger partial charge in [-0.3, -0.25) is 4.79 Å². The van der Waals surface area contributed by atoms with Crippen molar-refractivity contribution < 1.29 is 22.7 Å². The molecule has 1 amide bonds. The maximum atomic E-state index is 12.1. The minimum atomic E-state index is -3.48. The van der Waals surface area contributed by atoms with Crippen LogP contribution in [0.15, 0.2) is 47.4 Å². The number of nitrogens with one attached hydrogen (secondary N) is 1. The van der Waals surface area contributed by atoms with Gasteiger partial charge in [-0.2, -0.15) is 0 Å². The predicted octanol–water partition coefficient (Wildman–Crippen LogP) is 2.37. The molecule has 0 saturated carbocycles. The maximum Gasteiger partial charge on any atom is 0.338 e. The molecule has 0 aliphatic heterocycles. The van der Waals surface area contributed by atoms with Gasteiger partial charge in [0.25, 0.3) is 5.91 Å². The molecule has 136 valence electrons. The van der Waals surface area contributed by atoms with Gasteiger partial charge in [0.05, 0.1) is 16.1 Å². The highest BCUT2D eigenvalue weighted by atomic mass is 32.2. The zero-order valence-electron chi connectivity index (χ0n) is 14.3. The van der Waals surface area contributed by atoms with Crippen molar-refractivity contribution >= 4 is 27.4 Å². The third-order valence-electron chi connectivity index (χ3n) is 4.23. The molecule has 0 aromatic heterocycles. The van der Waals surface area contributed by atoms with Gasteiger partial charge in [0.1, 0.15) is 0 Å². The zero-order chi connectivity index (χ0) is 18.7. The number of ether oxygens (including phenoxy) is 1. The second-order valence-electron chi connectivity index (χ2n) is 6.23. The number of amides is 1. The van der Waals surface area contributed by atoms with Crippen molar-refractivity contribution in [2.75, 3.05) is 18.2 Å². The molecular weight excluding hydrogens is 354 g/mol. The molecule has 0 saturated heterocycles. The summed E-state index contributed by atoms with van der Waals surface area (Å²) in [5.41, 5.74) is 2.96. The van der Waals surface area contributed by atoms with E-state index in [1.54, 1.807) is 18.2 Å². The van der Waals surface area contributed by atoms with E-state index in [4.69, 9.17) is 4.74 Å². The summed E-state index contributed by atoms with van der Waals surface area (Å²) < 4.78 is 28.5. The predicted molar refractivity (Wildman–Crippen MR) is 96.9 cm³/mol. The van der Waals surface area contributed by atoms with E-state index in [-0.39, 0.29) is 10.6 Å². The Bertz CT molecular complexity index is 966. The quantitative estimate of drug-likeness (QED) is 0.813. The Hall–Kier alpha value is -2.67. The third kappa shape index (κ3) is 4.11. The van der Waals surface area contributed by atoms with Crippen molar-refractivity contribution in [3.63, 3.8) is 0 Å². The van der Waals surface area contributed by atoms with Gasteiger partial charge >= 0.3 is 5.97 Å². The number of carbonyl (C=O) groups is 2. The number of sulfone groups is 1. The highest BCUT2D eigenvalue weighted by Gasteiger charge is 2.17. The Kier molecular flexibility index (Phi) is 5.08. The number of aryl methyl sites for hydroxylation is 2. The van der Waals surface area contributed by atoms with Crippen LogP contribution in [0, 0.1) is 0 Å². The lowest BCUT2D eigenvalue weighted by molar-refractivity contribution is -0.119. The largest absolute Gasteiger partial charge is 0.452 e. The topological polar surface area (TPSA) is 89.5 Å². The van der Waals surface area contributed by atoms with E-state index in [0.717, 1.165) is 31.1 Å². The third-order valence-corrected chi connectivity index (χ3v) is 5.38. The van der Waals surface area contributed by atoms with Crippen molar-refractivity contribution in [3.05, 3.63) is 59.2 Å². The lowest BCUT2D eigenvalue weighted by Crippen LogP contribution is -2.22. The van der Waals surface area contributed by atoms with E-state index >= 15 is 0 Å². The smallest absolute Gasteiger partial charge is 0.338 e. The number of benzene rings is 2. The van der Waals surface area contributed by atoms with E-state index in [0.29, 0.717) is 5.56 Å². The summed E-state index contributed by atoms with van der Waals surface area (Å²) in [6.45, 7) is -0.492. The summed E-state index contributed by atoms with van der Waals surface area (Å²) in [5, 5.41) is 2.47. The Morgan fingerprint density at radius 3 is 2.58 bits per heavy atom. The molecule has 1 aliphatic rings. The van der Waals surface area contributed by atoms with E-state index < -0.39 is 28.3 Å². The number of fused-ring (bicyclic) bond motifs is 1. The molecule has 0 heterocycles. The number of para-hydroxylation sites is 1. The molecule has 7 heteroatoms. The second kappa shape index (κ2) is 7.29. The normalized spacial score (nSPS) is 13.1. The minimum absolute atomic E-state index is 0.0123.